The van der Waals surface area contributed by atoms with E-state index in [1.807, 2.05) is 18.2 Å². The average molecular weight is 559 g/mol. The van der Waals surface area contributed by atoms with Crippen LogP contribution in [0.15, 0.2) is 34.1 Å². The minimum atomic E-state index is -4.93. The third-order valence-corrected chi connectivity index (χ3v) is 7.38. The minimum absolute atomic E-state index is 0.0751. The second-order valence-electron chi connectivity index (χ2n) is 9.54. The second kappa shape index (κ2) is 9.55. The van der Waals surface area contributed by atoms with Crippen LogP contribution in [0.4, 0.5) is 18.9 Å². The number of anilines is 1. The molecule has 0 radical (unpaired) electrons. The Morgan fingerprint density at radius 1 is 1.20 bits per heavy atom. The third kappa shape index (κ3) is 4.83. The van der Waals surface area contributed by atoms with Gasteiger partial charge < -0.3 is 25.2 Å². The van der Waals surface area contributed by atoms with E-state index >= 15 is 0 Å². The number of allylic oxidation sites excluding steroid dienone is 1. The summed E-state index contributed by atoms with van der Waals surface area (Å²) < 4.78 is 48.8. The van der Waals surface area contributed by atoms with Crippen molar-refractivity contribution < 1.29 is 27.5 Å². The van der Waals surface area contributed by atoms with Gasteiger partial charge in [0.15, 0.2) is 6.29 Å². The lowest BCUT2D eigenvalue weighted by Crippen LogP contribution is -2.60. The number of esters is 1. The first kappa shape index (κ1) is 25.7. The van der Waals surface area contributed by atoms with Gasteiger partial charge in [0.05, 0.1) is 12.3 Å². The highest BCUT2D eigenvalue weighted by Crippen LogP contribution is 2.45. The van der Waals surface area contributed by atoms with Gasteiger partial charge in [0.25, 0.3) is 0 Å². The molecule has 4 rings (SSSR count). The molecule has 2 aliphatic heterocycles. The maximum atomic E-state index is 14.2. The van der Waals surface area contributed by atoms with Gasteiger partial charge in [-0.05, 0) is 64.7 Å². The summed E-state index contributed by atoms with van der Waals surface area (Å²) in [5, 5.41) is 0. The van der Waals surface area contributed by atoms with Crippen molar-refractivity contribution in [3.05, 3.63) is 39.6 Å². The first-order valence-corrected chi connectivity index (χ1v) is 12.6. The van der Waals surface area contributed by atoms with Crippen LogP contribution in [0.1, 0.15) is 51.5 Å². The van der Waals surface area contributed by atoms with E-state index in [2.05, 4.69) is 29.8 Å². The van der Waals surface area contributed by atoms with Crippen molar-refractivity contribution in [1.29, 1.82) is 0 Å². The van der Waals surface area contributed by atoms with E-state index in [9.17, 15) is 22.8 Å². The lowest BCUT2D eigenvalue weighted by molar-refractivity contribution is -0.189. The Hall–Kier alpha value is -2.43. The topological polar surface area (TPSA) is 79.1 Å². The molecule has 35 heavy (non-hydrogen) atoms. The molecule has 0 bridgehead atoms. The molecular formula is C24H30BrF3N4O3. The van der Waals surface area contributed by atoms with Crippen LogP contribution in [-0.2, 0) is 14.3 Å². The number of nitrogens with zero attached hydrogens (tertiary/aromatic N) is 3. The SMILES string of the molecule is CCC1=C(C(=O)OCC2CC2)N2CCN(c3ccc(C(C)C)cc3Br)C2N1C(C(N)=O)C(F)(F)F. The summed E-state index contributed by atoms with van der Waals surface area (Å²) in [5.41, 5.74) is 7.23. The predicted molar refractivity (Wildman–Crippen MR) is 128 cm³/mol. The molecule has 1 amide bonds. The summed E-state index contributed by atoms with van der Waals surface area (Å²) in [7, 11) is 0. The van der Waals surface area contributed by atoms with E-state index in [-0.39, 0.29) is 30.3 Å². The van der Waals surface area contributed by atoms with E-state index in [1.165, 1.54) is 0 Å². The third-order valence-electron chi connectivity index (χ3n) is 6.74. The predicted octanol–water partition coefficient (Wildman–Crippen LogP) is 4.28. The molecule has 2 unspecified atom stereocenters. The monoisotopic (exact) mass is 558 g/mol. The van der Waals surface area contributed by atoms with Crippen LogP contribution in [-0.4, -0.2) is 59.9 Å². The van der Waals surface area contributed by atoms with Gasteiger partial charge in [0, 0.05) is 23.3 Å². The van der Waals surface area contributed by atoms with Crippen LogP contribution in [0.3, 0.4) is 0 Å². The summed E-state index contributed by atoms with van der Waals surface area (Å²) in [6.45, 7) is 6.64. The number of hydrogen-bond acceptors (Lipinski definition) is 6. The van der Waals surface area contributed by atoms with E-state index in [4.69, 9.17) is 10.5 Å². The first-order chi connectivity index (χ1) is 16.5. The summed E-state index contributed by atoms with van der Waals surface area (Å²) >= 11 is 3.57. The van der Waals surface area contributed by atoms with Crippen molar-refractivity contribution in [1.82, 2.24) is 9.80 Å². The Morgan fingerprint density at radius 3 is 2.37 bits per heavy atom. The normalized spacial score (nSPS) is 21.1. The van der Waals surface area contributed by atoms with Crippen molar-refractivity contribution in [2.45, 2.75) is 64.5 Å². The number of alkyl halides is 3. The molecule has 192 valence electrons. The fourth-order valence-corrected chi connectivity index (χ4v) is 5.43. The minimum Gasteiger partial charge on any atom is -0.461 e. The second-order valence-corrected chi connectivity index (χ2v) is 10.4. The Balaban J connectivity index is 1.79. The summed E-state index contributed by atoms with van der Waals surface area (Å²) in [6.07, 6.45) is -3.94. The first-order valence-electron chi connectivity index (χ1n) is 11.8. The maximum Gasteiger partial charge on any atom is 0.417 e. The fourth-order valence-electron chi connectivity index (χ4n) is 4.81. The summed E-state index contributed by atoms with van der Waals surface area (Å²) in [4.78, 5) is 29.7. The quantitative estimate of drug-likeness (QED) is 0.479. The van der Waals surface area contributed by atoms with Crippen LogP contribution in [0, 0.1) is 5.92 Å². The van der Waals surface area contributed by atoms with Gasteiger partial charge in [-0.1, -0.05) is 26.8 Å². The molecule has 2 N–H and O–H groups in total. The zero-order valence-corrected chi connectivity index (χ0v) is 21.5. The van der Waals surface area contributed by atoms with Crippen LogP contribution in [0.5, 0.6) is 0 Å². The van der Waals surface area contributed by atoms with Crippen molar-refractivity contribution in [2.75, 3.05) is 24.6 Å². The molecule has 2 atom stereocenters. The van der Waals surface area contributed by atoms with Gasteiger partial charge >= 0.3 is 12.1 Å². The van der Waals surface area contributed by atoms with Crippen molar-refractivity contribution in [3.63, 3.8) is 0 Å². The van der Waals surface area contributed by atoms with Gasteiger partial charge in [-0.3, -0.25) is 4.79 Å². The van der Waals surface area contributed by atoms with E-state index < -0.39 is 30.4 Å². The molecule has 2 heterocycles. The van der Waals surface area contributed by atoms with Crippen LogP contribution >= 0.6 is 15.9 Å². The zero-order valence-electron chi connectivity index (χ0n) is 19.9. The van der Waals surface area contributed by atoms with Gasteiger partial charge in [-0.15, -0.1) is 0 Å². The number of primary amides is 1. The number of ether oxygens (including phenoxy) is 1. The lowest BCUT2D eigenvalue weighted by atomic mass is 10.0. The molecule has 3 aliphatic rings. The highest BCUT2D eigenvalue weighted by Gasteiger charge is 2.58. The number of hydrogen-bond donors (Lipinski definition) is 1. The number of carbonyl (C=O) groups excluding carboxylic acids is 2. The molecule has 1 saturated carbocycles. The van der Waals surface area contributed by atoms with Crippen molar-refractivity contribution in [3.8, 4) is 0 Å². The number of fused-ring (bicyclic) bond motifs is 1. The van der Waals surface area contributed by atoms with Crippen molar-refractivity contribution in [2.24, 2.45) is 11.7 Å². The molecule has 2 fully saturated rings. The van der Waals surface area contributed by atoms with Crippen LogP contribution in [0.2, 0.25) is 0 Å². The van der Waals surface area contributed by atoms with E-state index in [1.54, 1.807) is 16.7 Å². The molecule has 1 aromatic carbocycles. The Kier molecular flexibility index (Phi) is 7.00. The number of amides is 1. The lowest BCUT2D eigenvalue weighted by Gasteiger charge is -2.40. The van der Waals surface area contributed by atoms with Gasteiger partial charge in [-0.25, -0.2) is 4.79 Å². The highest BCUT2D eigenvalue weighted by molar-refractivity contribution is 9.10. The Labute approximate surface area is 211 Å². The van der Waals surface area contributed by atoms with Crippen molar-refractivity contribution >= 4 is 33.5 Å². The number of nitrogens with two attached hydrogens (primary N) is 1. The summed E-state index contributed by atoms with van der Waals surface area (Å²) in [5.74, 6) is -1.61. The summed E-state index contributed by atoms with van der Waals surface area (Å²) in [6, 6.07) is 3.13. The smallest absolute Gasteiger partial charge is 0.417 e. The van der Waals surface area contributed by atoms with E-state index in [0.29, 0.717) is 24.7 Å². The van der Waals surface area contributed by atoms with E-state index in [0.717, 1.165) is 27.8 Å². The Bertz CT molecular complexity index is 1040. The maximum absolute atomic E-state index is 14.2. The molecule has 0 spiro atoms. The zero-order chi connectivity index (χ0) is 25.7. The standard InChI is InChI=1S/C24H30BrF3N4O3/c1-4-17-19(22(34)35-12-14-5-6-14)31-10-9-30(18-8-7-15(13(2)3)11-16(18)25)23(31)32(17)20(21(29)33)24(26,27)28/h7-8,11,13-14,20,23H,4-6,9-10,12H2,1-3H3,(H2,29,33). The molecule has 1 saturated heterocycles. The van der Waals surface area contributed by atoms with Crippen LogP contribution < -0.4 is 10.6 Å². The van der Waals surface area contributed by atoms with Crippen LogP contribution in [0.25, 0.3) is 0 Å². The molecule has 1 aliphatic carbocycles. The average Bonchev–Trinajstić information content (AvgIpc) is 3.42. The molecule has 11 heteroatoms. The molecule has 0 aromatic heterocycles. The number of halogens is 4. The fraction of sp³-hybridized carbons (Fsp3) is 0.583. The number of rotatable bonds is 8. The van der Waals surface area contributed by atoms with Gasteiger partial charge in [-0.2, -0.15) is 13.2 Å². The molecule has 7 nitrogen and oxygen atoms in total. The van der Waals surface area contributed by atoms with Gasteiger partial charge in [0.2, 0.25) is 11.9 Å². The molecule has 1 aromatic rings. The number of benzene rings is 1. The largest absolute Gasteiger partial charge is 0.461 e. The highest BCUT2D eigenvalue weighted by atomic mass is 79.9. The Morgan fingerprint density at radius 2 is 1.86 bits per heavy atom. The number of carbonyl (C=O) groups is 2. The van der Waals surface area contributed by atoms with Gasteiger partial charge in [0.1, 0.15) is 5.70 Å². The molecular weight excluding hydrogens is 529 g/mol.